The van der Waals surface area contributed by atoms with Crippen LogP contribution in [0, 0.1) is 0 Å². The second-order valence-corrected chi connectivity index (χ2v) is 7.10. The highest BCUT2D eigenvalue weighted by Crippen LogP contribution is 2.11. The molecule has 18 heavy (non-hydrogen) atoms. The second kappa shape index (κ2) is 5.69. The Morgan fingerprint density at radius 1 is 1.17 bits per heavy atom. The maximum atomic E-state index is 11.9. The summed E-state index contributed by atoms with van der Waals surface area (Å²) in [5.74, 6) is 0. The zero-order chi connectivity index (χ0) is 13.8. The molecule has 6 heteroatoms. The fourth-order valence-electron chi connectivity index (χ4n) is 1.49. The highest BCUT2D eigenvalue weighted by atomic mass is 32.2. The van der Waals surface area contributed by atoms with E-state index in [2.05, 4.69) is 25.9 Å². The van der Waals surface area contributed by atoms with E-state index in [0.29, 0.717) is 12.2 Å². The van der Waals surface area contributed by atoms with E-state index >= 15 is 0 Å². The molecule has 0 saturated heterocycles. The van der Waals surface area contributed by atoms with Crippen molar-refractivity contribution in [2.24, 2.45) is 0 Å². The number of quaternary nitrogens is 1. The third-order valence-corrected chi connectivity index (χ3v) is 3.97. The molecule has 0 aliphatic carbocycles. The van der Waals surface area contributed by atoms with Gasteiger partial charge in [-0.1, -0.05) is 0 Å². The standard InChI is InChI=1S/C12H22N3O2S/c1-15(2,3)10-4-9-14-18(16,17)12-7-5-11(13)6-8-12/h5-8,14H,4,9-10,13H2,1-3H3/q+1. The van der Waals surface area contributed by atoms with Crippen LogP contribution in [0.4, 0.5) is 5.69 Å². The molecule has 3 N–H and O–H groups in total. The van der Waals surface area contributed by atoms with Gasteiger partial charge in [-0.25, -0.2) is 13.1 Å². The van der Waals surface area contributed by atoms with Gasteiger partial charge in [0.05, 0.1) is 32.6 Å². The van der Waals surface area contributed by atoms with Gasteiger partial charge in [-0.3, -0.25) is 0 Å². The summed E-state index contributed by atoms with van der Waals surface area (Å²) >= 11 is 0. The number of hydrogen-bond donors (Lipinski definition) is 2. The molecule has 1 rings (SSSR count). The van der Waals surface area contributed by atoms with Crippen LogP contribution < -0.4 is 10.5 Å². The lowest BCUT2D eigenvalue weighted by molar-refractivity contribution is -0.870. The molecule has 5 nitrogen and oxygen atoms in total. The van der Waals surface area contributed by atoms with Gasteiger partial charge in [0, 0.05) is 18.7 Å². The summed E-state index contributed by atoms with van der Waals surface area (Å²) in [7, 11) is 2.83. The molecule has 1 aromatic rings. The first-order valence-corrected chi connectivity index (χ1v) is 7.35. The maximum Gasteiger partial charge on any atom is 0.240 e. The number of nitrogens with one attached hydrogen (secondary N) is 1. The molecule has 0 saturated carbocycles. The third kappa shape index (κ3) is 5.03. The predicted molar refractivity (Wildman–Crippen MR) is 73.6 cm³/mol. The van der Waals surface area contributed by atoms with E-state index in [4.69, 9.17) is 5.73 Å². The fraction of sp³-hybridized carbons (Fsp3) is 0.500. The molecule has 0 atom stereocenters. The number of anilines is 1. The summed E-state index contributed by atoms with van der Waals surface area (Å²) in [6.45, 7) is 1.37. The normalized spacial score (nSPS) is 12.6. The van der Waals surface area contributed by atoms with Crippen LogP contribution in [0.1, 0.15) is 6.42 Å². The molecule has 0 aromatic heterocycles. The van der Waals surface area contributed by atoms with E-state index in [1.165, 1.54) is 12.1 Å². The van der Waals surface area contributed by atoms with Crippen LogP contribution in [-0.4, -0.2) is 47.1 Å². The number of hydrogen-bond acceptors (Lipinski definition) is 3. The first-order valence-electron chi connectivity index (χ1n) is 5.86. The molecule has 0 amide bonds. The van der Waals surface area contributed by atoms with E-state index in [-0.39, 0.29) is 4.90 Å². The van der Waals surface area contributed by atoms with Crippen molar-refractivity contribution >= 4 is 15.7 Å². The summed E-state index contributed by atoms with van der Waals surface area (Å²) in [6.07, 6.45) is 0.803. The van der Waals surface area contributed by atoms with Gasteiger partial charge >= 0.3 is 0 Å². The van der Waals surface area contributed by atoms with Crippen molar-refractivity contribution in [1.29, 1.82) is 0 Å². The minimum Gasteiger partial charge on any atom is -0.399 e. The largest absolute Gasteiger partial charge is 0.399 e. The Morgan fingerprint density at radius 2 is 1.72 bits per heavy atom. The van der Waals surface area contributed by atoms with Crippen molar-refractivity contribution in [3.8, 4) is 0 Å². The first kappa shape index (κ1) is 14.9. The Hall–Kier alpha value is -1.11. The van der Waals surface area contributed by atoms with Gasteiger partial charge < -0.3 is 10.2 Å². The monoisotopic (exact) mass is 272 g/mol. The van der Waals surface area contributed by atoms with Gasteiger partial charge in [0.15, 0.2) is 0 Å². The van der Waals surface area contributed by atoms with Crippen LogP contribution in [0.3, 0.4) is 0 Å². The van der Waals surface area contributed by atoms with E-state index in [9.17, 15) is 8.42 Å². The minimum atomic E-state index is -3.41. The van der Waals surface area contributed by atoms with Gasteiger partial charge in [-0.15, -0.1) is 0 Å². The van der Waals surface area contributed by atoms with Crippen LogP contribution in [0.25, 0.3) is 0 Å². The van der Waals surface area contributed by atoms with E-state index in [0.717, 1.165) is 17.4 Å². The molecule has 1 aromatic carbocycles. The number of sulfonamides is 1. The average molecular weight is 272 g/mol. The first-order chi connectivity index (χ1) is 8.21. The van der Waals surface area contributed by atoms with Crippen LogP contribution in [-0.2, 0) is 10.0 Å². The summed E-state index contributed by atoms with van der Waals surface area (Å²) in [5, 5.41) is 0. The molecular formula is C12H22N3O2S+. The molecule has 0 aliphatic heterocycles. The topological polar surface area (TPSA) is 72.2 Å². The highest BCUT2D eigenvalue weighted by molar-refractivity contribution is 7.89. The smallest absolute Gasteiger partial charge is 0.240 e. The SMILES string of the molecule is C[N+](C)(C)CCCNS(=O)(=O)c1ccc(N)cc1. The highest BCUT2D eigenvalue weighted by Gasteiger charge is 2.13. The third-order valence-electron chi connectivity index (χ3n) is 2.49. The summed E-state index contributed by atoms with van der Waals surface area (Å²) in [5.41, 5.74) is 6.08. The predicted octanol–water partition coefficient (Wildman–Crippen LogP) is 0.643. The van der Waals surface area contributed by atoms with Crippen LogP contribution in [0.15, 0.2) is 29.2 Å². The van der Waals surface area contributed by atoms with E-state index in [1.807, 2.05) is 0 Å². The van der Waals surface area contributed by atoms with Gasteiger partial charge in [0.2, 0.25) is 10.0 Å². The second-order valence-electron chi connectivity index (χ2n) is 5.33. The Morgan fingerprint density at radius 3 is 2.22 bits per heavy atom. The molecule has 0 bridgehead atoms. The Kier molecular flexibility index (Phi) is 4.72. The molecule has 0 radical (unpaired) electrons. The van der Waals surface area contributed by atoms with Gasteiger partial charge in [0.25, 0.3) is 0 Å². The van der Waals surface area contributed by atoms with Crippen molar-refractivity contribution in [1.82, 2.24) is 4.72 Å². The average Bonchev–Trinajstić information content (AvgIpc) is 2.24. The van der Waals surface area contributed by atoms with Crippen molar-refractivity contribution in [2.45, 2.75) is 11.3 Å². The summed E-state index contributed by atoms with van der Waals surface area (Å²) < 4.78 is 27.2. The van der Waals surface area contributed by atoms with Gasteiger partial charge in [-0.05, 0) is 24.3 Å². The summed E-state index contributed by atoms with van der Waals surface area (Å²) in [4.78, 5) is 0.252. The minimum absolute atomic E-state index is 0.252. The van der Waals surface area contributed by atoms with E-state index < -0.39 is 10.0 Å². The van der Waals surface area contributed by atoms with Crippen molar-refractivity contribution < 1.29 is 12.9 Å². The zero-order valence-electron chi connectivity index (χ0n) is 11.2. The molecule has 102 valence electrons. The number of nitrogens with two attached hydrogens (primary N) is 1. The maximum absolute atomic E-state index is 11.9. The molecule has 0 spiro atoms. The van der Waals surface area contributed by atoms with Crippen LogP contribution in [0.2, 0.25) is 0 Å². The Labute approximate surface area is 109 Å². The van der Waals surface area contributed by atoms with Crippen molar-refractivity contribution in [2.75, 3.05) is 40.0 Å². The fourth-order valence-corrected chi connectivity index (χ4v) is 2.56. The van der Waals surface area contributed by atoms with E-state index in [1.54, 1.807) is 12.1 Å². The summed E-state index contributed by atoms with van der Waals surface area (Å²) in [6, 6.07) is 6.19. The van der Waals surface area contributed by atoms with Crippen molar-refractivity contribution in [3.05, 3.63) is 24.3 Å². The van der Waals surface area contributed by atoms with Crippen molar-refractivity contribution in [3.63, 3.8) is 0 Å². The molecule has 0 aliphatic rings. The molecule has 0 heterocycles. The number of benzene rings is 1. The lowest BCUT2D eigenvalue weighted by atomic mass is 10.3. The van der Waals surface area contributed by atoms with Crippen LogP contribution in [0.5, 0.6) is 0 Å². The quantitative estimate of drug-likeness (QED) is 0.453. The van der Waals surface area contributed by atoms with Gasteiger partial charge in [0.1, 0.15) is 0 Å². The number of nitrogens with zero attached hydrogens (tertiary/aromatic N) is 1. The zero-order valence-corrected chi connectivity index (χ0v) is 12.0. The number of rotatable bonds is 6. The number of nitrogen functional groups attached to an aromatic ring is 1. The molecular weight excluding hydrogens is 250 g/mol. The lowest BCUT2D eigenvalue weighted by Gasteiger charge is -2.23. The Bertz CT molecular complexity index is 475. The molecule has 0 unspecified atom stereocenters. The molecule has 0 fully saturated rings. The lowest BCUT2D eigenvalue weighted by Crippen LogP contribution is -2.37. The van der Waals surface area contributed by atoms with Gasteiger partial charge in [-0.2, -0.15) is 0 Å². The van der Waals surface area contributed by atoms with Crippen LogP contribution >= 0.6 is 0 Å². The Balaban J connectivity index is 2.53.